The Balaban J connectivity index is 1.45. The normalized spacial score (nSPS) is 14.0. The SMILES string of the molecule is Cc1cccc(N2CCN(C(=O)c3cc(-c4ccccc4Cl)nc4ccccc34)CC2)c1C. The van der Waals surface area contributed by atoms with E-state index in [0.717, 1.165) is 35.2 Å². The molecule has 2 heterocycles. The second kappa shape index (κ2) is 8.87. The van der Waals surface area contributed by atoms with Crippen molar-refractivity contribution in [3.63, 3.8) is 0 Å². The summed E-state index contributed by atoms with van der Waals surface area (Å²) in [6.45, 7) is 7.31. The first-order valence-electron chi connectivity index (χ1n) is 11.3. The van der Waals surface area contributed by atoms with Gasteiger partial charge in [0.15, 0.2) is 0 Å². The number of nitrogens with zero attached hydrogens (tertiary/aromatic N) is 3. The molecule has 0 N–H and O–H groups in total. The van der Waals surface area contributed by atoms with E-state index in [1.165, 1.54) is 16.8 Å². The fourth-order valence-corrected chi connectivity index (χ4v) is 4.79. The number of aryl methyl sites for hydroxylation is 1. The van der Waals surface area contributed by atoms with Crippen LogP contribution in [0.4, 0.5) is 5.69 Å². The third-order valence-corrected chi connectivity index (χ3v) is 6.91. The van der Waals surface area contributed by atoms with Gasteiger partial charge in [0.1, 0.15) is 0 Å². The van der Waals surface area contributed by atoms with Crippen LogP contribution in [0, 0.1) is 13.8 Å². The maximum Gasteiger partial charge on any atom is 0.254 e. The lowest BCUT2D eigenvalue weighted by Crippen LogP contribution is -2.49. The lowest BCUT2D eigenvalue weighted by Gasteiger charge is -2.37. The molecule has 5 rings (SSSR count). The van der Waals surface area contributed by atoms with Crippen LogP contribution in [0.3, 0.4) is 0 Å². The number of aromatic nitrogens is 1. The number of anilines is 1. The van der Waals surface area contributed by atoms with Crippen LogP contribution >= 0.6 is 11.6 Å². The van der Waals surface area contributed by atoms with Gasteiger partial charge in [0, 0.05) is 47.8 Å². The minimum atomic E-state index is 0.0440. The second-order valence-corrected chi connectivity index (χ2v) is 8.96. The van der Waals surface area contributed by atoms with Gasteiger partial charge in [-0.25, -0.2) is 4.98 Å². The van der Waals surface area contributed by atoms with Crippen molar-refractivity contribution < 1.29 is 4.79 Å². The van der Waals surface area contributed by atoms with Crippen LogP contribution in [-0.4, -0.2) is 42.0 Å². The summed E-state index contributed by atoms with van der Waals surface area (Å²) < 4.78 is 0. The minimum absolute atomic E-state index is 0.0440. The molecule has 33 heavy (non-hydrogen) atoms. The van der Waals surface area contributed by atoms with Crippen LogP contribution in [0.5, 0.6) is 0 Å². The average Bonchev–Trinajstić information content (AvgIpc) is 2.85. The Morgan fingerprint density at radius 3 is 2.39 bits per heavy atom. The Bertz CT molecular complexity index is 1340. The van der Waals surface area contributed by atoms with E-state index in [2.05, 4.69) is 36.9 Å². The number of amides is 1. The Morgan fingerprint density at radius 1 is 0.879 bits per heavy atom. The molecule has 0 radical (unpaired) electrons. The van der Waals surface area contributed by atoms with Crippen molar-refractivity contribution in [2.45, 2.75) is 13.8 Å². The monoisotopic (exact) mass is 455 g/mol. The minimum Gasteiger partial charge on any atom is -0.368 e. The quantitative estimate of drug-likeness (QED) is 0.372. The molecule has 1 aliphatic heterocycles. The number of halogens is 1. The van der Waals surface area contributed by atoms with Gasteiger partial charge in [-0.2, -0.15) is 0 Å². The van der Waals surface area contributed by atoms with E-state index in [1.54, 1.807) is 0 Å². The van der Waals surface area contributed by atoms with Gasteiger partial charge in [-0.1, -0.05) is 60.1 Å². The van der Waals surface area contributed by atoms with E-state index in [9.17, 15) is 4.79 Å². The molecule has 0 spiro atoms. The summed E-state index contributed by atoms with van der Waals surface area (Å²) in [5, 5.41) is 1.50. The summed E-state index contributed by atoms with van der Waals surface area (Å²) in [6, 6.07) is 23.8. The zero-order chi connectivity index (χ0) is 22.9. The van der Waals surface area contributed by atoms with Crippen LogP contribution in [-0.2, 0) is 0 Å². The van der Waals surface area contributed by atoms with Gasteiger partial charge in [0.25, 0.3) is 5.91 Å². The Labute approximate surface area is 199 Å². The van der Waals surface area contributed by atoms with E-state index in [4.69, 9.17) is 16.6 Å². The lowest BCUT2D eigenvalue weighted by atomic mass is 10.0. The van der Waals surface area contributed by atoms with E-state index < -0.39 is 0 Å². The van der Waals surface area contributed by atoms with E-state index in [0.29, 0.717) is 23.7 Å². The van der Waals surface area contributed by atoms with Crippen molar-refractivity contribution in [3.05, 3.63) is 94.5 Å². The van der Waals surface area contributed by atoms with E-state index >= 15 is 0 Å². The number of fused-ring (bicyclic) bond motifs is 1. The Hall–Kier alpha value is -3.37. The maximum atomic E-state index is 13.7. The van der Waals surface area contributed by atoms with Crippen molar-refractivity contribution in [1.29, 1.82) is 0 Å². The van der Waals surface area contributed by atoms with Crippen LogP contribution < -0.4 is 4.90 Å². The molecular formula is C28H26ClN3O. The second-order valence-electron chi connectivity index (χ2n) is 8.55. The molecule has 0 unspecified atom stereocenters. The van der Waals surface area contributed by atoms with Crippen LogP contribution in [0.15, 0.2) is 72.8 Å². The number of piperazine rings is 1. The van der Waals surface area contributed by atoms with Crippen molar-refractivity contribution >= 4 is 34.1 Å². The largest absolute Gasteiger partial charge is 0.368 e. The summed E-state index contributed by atoms with van der Waals surface area (Å²) in [5.41, 5.74) is 6.89. The topological polar surface area (TPSA) is 36.4 Å². The molecule has 3 aromatic carbocycles. The standard InChI is InChI=1S/C28H26ClN3O/c1-19-8-7-13-27(20(19)2)31-14-16-32(17-15-31)28(33)23-18-26(22-10-3-5-11-24(22)29)30-25-12-6-4-9-21(23)25/h3-13,18H,14-17H2,1-2H3. The van der Waals surface area contributed by atoms with Gasteiger partial charge in [0.05, 0.1) is 16.8 Å². The molecule has 0 aliphatic carbocycles. The third-order valence-electron chi connectivity index (χ3n) is 6.58. The first-order chi connectivity index (χ1) is 16.0. The smallest absolute Gasteiger partial charge is 0.254 e. The molecule has 1 fully saturated rings. The van der Waals surface area contributed by atoms with Crippen LogP contribution in [0.25, 0.3) is 22.2 Å². The molecule has 0 saturated carbocycles. The molecule has 0 atom stereocenters. The van der Waals surface area contributed by atoms with Gasteiger partial charge in [-0.05, 0) is 49.2 Å². The van der Waals surface area contributed by atoms with Gasteiger partial charge in [-0.3, -0.25) is 4.79 Å². The van der Waals surface area contributed by atoms with E-state index in [1.807, 2.05) is 59.5 Å². The summed E-state index contributed by atoms with van der Waals surface area (Å²) >= 11 is 6.45. The summed E-state index contributed by atoms with van der Waals surface area (Å²) in [4.78, 5) is 22.8. The molecule has 0 bridgehead atoms. The van der Waals surface area contributed by atoms with E-state index in [-0.39, 0.29) is 5.91 Å². The molecule has 1 aromatic heterocycles. The number of carbonyl (C=O) groups excluding carboxylic acids is 1. The Morgan fingerprint density at radius 2 is 1.61 bits per heavy atom. The summed E-state index contributed by atoms with van der Waals surface area (Å²) in [6.07, 6.45) is 0. The maximum absolute atomic E-state index is 13.7. The molecule has 1 aliphatic rings. The fraction of sp³-hybridized carbons (Fsp3) is 0.214. The first kappa shape index (κ1) is 21.5. The molecule has 1 saturated heterocycles. The highest BCUT2D eigenvalue weighted by Gasteiger charge is 2.25. The third kappa shape index (κ3) is 4.07. The Kier molecular flexibility index (Phi) is 5.77. The molecule has 4 aromatic rings. The van der Waals surface area contributed by atoms with Gasteiger partial charge >= 0.3 is 0 Å². The molecular weight excluding hydrogens is 430 g/mol. The van der Waals surface area contributed by atoms with Crippen molar-refractivity contribution in [3.8, 4) is 11.3 Å². The average molecular weight is 456 g/mol. The highest BCUT2D eigenvalue weighted by Crippen LogP contribution is 2.31. The number of carbonyl (C=O) groups is 1. The van der Waals surface area contributed by atoms with Crippen molar-refractivity contribution in [1.82, 2.24) is 9.88 Å². The number of benzene rings is 3. The number of hydrogen-bond acceptors (Lipinski definition) is 3. The van der Waals surface area contributed by atoms with Crippen molar-refractivity contribution in [2.24, 2.45) is 0 Å². The van der Waals surface area contributed by atoms with Crippen molar-refractivity contribution in [2.75, 3.05) is 31.1 Å². The highest BCUT2D eigenvalue weighted by molar-refractivity contribution is 6.33. The first-order valence-corrected chi connectivity index (χ1v) is 11.7. The molecule has 5 heteroatoms. The highest BCUT2D eigenvalue weighted by atomic mass is 35.5. The number of pyridine rings is 1. The fourth-order valence-electron chi connectivity index (χ4n) is 4.56. The number of rotatable bonds is 3. The molecule has 1 amide bonds. The number of hydrogen-bond donors (Lipinski definition) is 0. The zero-order valence-electron chi connectivity index (χ0n) is 18.9. The van der Waals surface area contributed by atoms with Crippen LogP contribution in [0.1, 0.15) is 21.5 Å². The molecule has 166 valence electrons. The van der Waals surface area contributed by atoms with Gasteiger partial charge < -0.3 is 9.80 Å². The summed E-state index contributed by atoms with van der Waals surface area (Å²) in [7, 11) is 0. The predicted molar refractivity (Wildman–Crippen MR) is 136 cm³/mol. The van der Waals surface area contributed by atoms with Gasteiger partial charge in [-0.15, -0.1) is 0 Å². The van der Waals surface area contributed by atoms with Crippen LogP contribution in [0.2, 0.25) is 5.02 Å². The number of para-hydroxylation sites is 1. The molecule has 4 nitrogen and oxygen atoms in total. The predicted octanol–water partition coefficient (Wildman–Crippen LogP) is 6.13. The van der Waals surface area contributed by atoms with Gasteiger partial charge in [0.2, 0.25) is 0 Å². The summed E-state index contributed by atoms with van der Waals surface area (Å²) in [5.74, 6) is 0.0440. The lowest BCUT2D eigenvalue weighted by molar-refractivity contribution is 0.0748. The zero-order valence-corrected chi connectivity index (χ0v) is 19.6.